The van der Waals surface area contributed by atoms with Crippen LogP contribution in [0.2, 0.25) is 0 Å². The number of nitrogens with zero attached hydrogens (tertiary/aromatic N) is 2. The third kappa shape index (κ3) is 2.12. The van der Waals surface area contributed by atoms with E-state index in [2.05, 4.69) is 17.0 Å². The smallest absolute Gasteiger partial charge is 0.0998 e. The van der Waals surface area contributed by atoms with Gasteiger partial charge in [0.15, 0.2) is 0 Å². The molecule has 2 bridgehead atoms. The van der Waals surface area contributed by atoms with Crippen LogP contribution in [0.5, 0.6) is 0 Å². The number of hydrogen-bond acceptors (Lipinski definition) is 4. The summed E-state index contributed by atoms with van der Waals surface area (Å²) in [7, 11) is 0. The number of benzene rings is 2. The molecule has 4 nitrogen and oxygen atoms in total. The molecule has 4 rings (SSSR count). The van der Waals surface area contributed by atoms with E-state index in [0.717, 1.165) is 29.3 Å². The van der Waals surface area contributed by atoms with Gasteiger partial charge in [0.25, 0.3) is 0 Å². The molecule has 2 heterocycles. The summed E-state index contributed by atoms with van der Waals surface area (Å²) in [5.74, 6) is -0.0943. The Bertz CT molecular complexity index is 783. The summed E-state index contributed by atoms with van der Waals surface area (Å²) in [4.78, 5) is 2.39. The van der Waals surface area contributed by atoms with E-state index in [4.69, 9.17) is 0 Å². The lowest BCUT2D eigenvalue weighted by Crippen LogP contribution is -2.52. The predicted molar refractivity (Wildman–Crippen MR) is 89.2 cm³/mol. The van der Waals surface area contributed by atoms with Gasteiger partial charge in [-0.1, -0.05) is 24.3 Å². The van der Waals surface area contributed by atoms with Crippen molar-refractivity contribution in [3.63, 3.8) is 0 Å². The summed E-state index contributed by atoms with van der Waals surface area (Å²) < 4.78 is 0. The Morgan fingerprint density at radius 3 is 2.65 bits per heavy atom. The summed E-state index contributed by atoms with van der Waals surface area (Å²) in [5.41, 5.74) is 1.81. The van der Waals surface area contributed by atoms with Crippen molar-refractivity contribution in [1.29, 1.82) is 5.26 Å². The molecule has 4 heteroatoms. The normalized spacial score (nSPS) is 29.7. The van der Waals surface area contributed by atoms with Crippen molar-refractivity contribution >= 4 is 16.5 Å². The van der Waals surface area contributed by atoms with Gasteiger partial charge >= 0.3 is 0 Å². The lowest BCUT2D eigenvalue weighted by atomic mass is 9.87. The van der Waals surface area contributed by atoms with Gasteiger partial charge in [-0.2, -0.15) is 5.26 Å². The van der Waals surface area contributed by atoms with Gasteiger partial charge in [-0.3, -0.25) is 0 Å². The van der Waals surface area contributed by atoms with Gasteiger partial charge in [0.1, 0.15) is 0 Å². The van der Waals surface area contributed by atoms with Crippen LogP contribution in [0.1, 0.15) is 24.8 Å². The highest BCUT2D eigenvalue weighted by Gasteiger charge is 2.46. The fourth-order valence-corrected chi connectivity index (χ4v) is 4.50. The number of nitriles is 1. The Hall–Kier alpha value is -2.09. The van der Waals surface area contributed by atoms with Gasteiger partial charge in [-0.05, 0) is 31.4 Å². The van der Waals surface area contributed by atoms with E-state index in [9.17, 15) is 15.5 Å². The average molecular weight is 308 g/mol. The standard InChI is InChI=1S/C19H20N2O2/c20-10-12-5-7-17(15-4-2-1-3-14(12)15)21-13-6-8-18(21)16(11-22)19(23)9-13/h1-5,7,13,16,18-19,22-23H,6,8-9,11H2/t13-,16-,18+,19-/m0/s1. The number of fused-ring (bicyclic) bond motifs is 3. The first-order valence-electron chi connectivity index (χ1n) is 8.23. The fourth-order valence-electron chi connectivity index (χ4n) is 4.50. The second-order valence-corrected chi connectivity index (χ2v) is 6.64. The second-order valence-electron chi connectivity index (χ2n) is 6.64. The summed E-state index contributed by atoms with van der Waals surface area (Å²) >= 11 is 0. The maximum atomic E-state index is 10.3. The van der Waals surface area contributed by atoms with Crippen molar-refractivity contribution < 1.29 is 10.2 Å². The first-order chi connectivity index (χ1) is 11.2. The molecule has 0 unspecified atom stereocenters. The van der Waals surface area contributed by atoms with Gasteiger partial charge in [-0.15, -0.1) is 0 Å². The first kappa shape index (κ1) is 14.5. The van der Waals surface area contributed by atoms with Crippen LogP contribution in [0.4, 0.5) is 5.69 Å². The lowest BCUT2D eigenvalue weighted by Gasteiger charge is -2.44. The molecular weight excluding hydrogens is 288 g/mol. The van der Waals surface area contributed by atoms with E-state index in [1.54, 1.807) is 0 Å². The SMILES string of the molecule is N#Cc1ccc(N2[C@H]3CC[C@@H]2[C@H](CO)[C@@H](O)C3)c2ccccc12. The molecule has 2 aromatic rings. The molecule has 4 atom stereocenters. The number of piperidine rings is 1. The maximum absolute atomic E-state index is 10.3. The zero-order valence-electron chi connectivity index (χ0n) is 12.9. The molecule has 2 aliphatic rings. The fraction of sp³-hybridized carbons (Fsp3) is 0.421. The Morgan fingerprint density at radius 2 is 1.91 bits per heavy atom. The highest BCUT2D eigenvalue weighted by molar-refractivity contribution is 5.98. The number of anilines is 1. The Kier molecular flexibility index (Phi) is 3.48. The van der Waals surface area contributed by atoms with Crippen LogP contribution in [-0.2, 0) is 0 Å². The van der Waals surface area contributed by atoms with E-state index in [-0.39, 0.29) is 18.6 Å². The van der Waals surface area contributed by atoms with Crippen LogP contribution < -0.4 is 4.90 Å². The minimum atomic E-state index is -0.418. The number of hydrogen-bond donors (Lipinski definition) is 2. The summed E-state index contributed by atoms with van der Waals surface area (Å²) in [6.45, 7) is 0.0171. The zero-order chi connectivity index (χ0) is 16.0. The Morgan fingerprint density at radius 1 is 1.13 bits per heavy atom. The molecule has 2 saturated heterocycles. The van der Waals surface area contributed by atoms with Crippen molar-refractivity contribution in [3.05, 3.63) is 42.0 Å². The van der Waals surface area contributed by atoms with Crippen LogP contribution >= 0.6 is 0 Å². The molecule has 0 spiro atoms. The van der Waals surface area contributed by atoms with Crippen molar-refractivity contribution in [3.8, 4) is 6.07 Å². The monoisotopic (exact) mass is 308 g/mol. The number of rotatable bonds is 2. The van der Waals surface area contributed by atoms with Crippen LogP contribution in [-0.4, -0.2) is 35.0 Å². The number of aliphatic hydroxyl groups is 2. The van der Waals surface area contributed by atoms with Crippen LogP contribution in [0.15, 0.2) is 36.4 Å². The van der Waals surface area contributed by atoms with Crippen molar-refractivity contribution in [2.75, 3.05) is 11.5 Å². The molecular formula is C19H20N2O2. The van der Waals surface area contributed by atoms with Crippen molar-refractivity contribution in [2.45, 2.75) is 37.5 Å². The summed E-state index contributed by atoms with van der Waals surface area (Å²) in [6, 6.07) is 14.7. The molecule has 0 radical (unpaired) electrons. The van der Waals surface area contributed by atoms with Crippen molar-refractivity contribution in [2.24, 2.45) is 5.92 Å². The molecule has 2 fully saturated rings. The van der Waals surface area contributed by atoms with Gasteiger partial charge in [0, 0.05) is 34.5 Å². The van der Waals surface area contributed by atoms with Crippen LogP contribution in [0.25, 0.3) is 10.8 Å². The summed E-state index contributed by atoms with van der Waals surface area (Å²) in [6.07, 6.45) is 2.34. The van der Waals surface area contributed by atoms with Crippen molar-refractivity contribution in [1.82, 2.24) is 0 Å². The van der Waals surface area contributed by atoms with Gasteiger partial charge in [0.2, 0.25) is 0 Å². The Labute approximate surface area is 135 Å². The van der Waals surface area contributed by atoms with Gasteiger partial charge < -0.3 is 15.1 Å². The molecule has 23 heavy (non-hydrogen) atoms. The molecule has 2 aromatic carbocycles. The topological polar surface area (TPSA) is 67.5 Å². The molecule has 0 aromatic heterocycles. The number of aliphatic hydroxyl groups excluding tert-OH is 2. The third-order valence-electron chi connectivity index (χ3n) is 5.56. The lowest BCUT2D eigenvalue weighted by molar-refractivity contribution is 0.0317. The molecule has 2 aliphatic heterocycles. The van der Waals surface area contributed by atoms with E-state index in [0.29, 0.717) is 18.0 Å². The van der Waals surface area contributed by atoms with Gasteiger partial charge in [0.05, 0.1) is 24.3 Å². The highest BCUT2D eigenvalue weighted by Crippen LogP contribution is 2.44. The first-order valence-corrected chi connectivity index (χ1v) is 8.23. The van der Waals surface area contributed by atoms with Crippen LogP contribution in [0, 0.1) is 17.2 Å². The van der Waals surface area contributed by atoms with E-state index >= 15 is 0 Å². The quantitative estimate of drug-likeness (QED) is 0.894. The zero-order valence-corrected chi connectivity index (χ0v) is 12.9. The largest absolute Gasteiger partial charge is 0.396 e. The molecule has 0 aliphatic carbocycles. The molecule has 2 N–H and O–H groups in total. The average Bonchev–Trinajstić information content (AvgIpc) is 2.89. The van der Waals surface area contributed by atoms with Crippen LogP contribution in [0.3, 0.4) is 0 Å². The predicted octanol–water partition coefficient (Wildman–Crippen LogP) is 2.42. The Balaban J connectivity index is 1.86. The molecule has 0 amide bonds. The summed E-state index contributed by atoms with van der Waals surface area (Å²) in [5, 5.41) is 31.4. The molecule has 118 valence electrons. The van der Waals surface area contributed by atoms with Gasteiger partial charge in [-0.25, -0.2) is 0 Å². The maximum Gasteiger partial charge on any atom is 0.0998 e. The highest BCUT2D eigenvalue weighted by atomic mass is 16.3. The second kappa shape index (κ2) is 5.52. The third-order valence-corrected chi connectivity index (χ3v) is 5.56. The van der Waals surface area contributed by atoms with E-state index < -0.39 is 6.10 Å². The van der Waals surface area contributed by atoms with E-state index in [1.807, 2.05) is 30.3 Å². The molecule has 0 saturated carbocycles. The minimum Gasteiger partial charge on any atom is -0.396 e. The minimum absolute atomic E-state index is 0.0171. The van der Waals surface area contributed by atoms with E-state index in [1.165, 1.54) is 0 Å².